The van der Waals surface area contributed by atoms with E-state index in [4.69, 9.17) is 15.2 Å². The van der Waals surface area contributed by atoms with E-state index in [1.54, 1.807) is 48.5 Å². The average molecular weight is 775 g/mol. The smallest absolute Gasteiger partial charge is 0.407 e. The van der Waals surface area contributed by atoms with Crippen molar-refractivity contribution < 1.29 is 43.7 Å². The highest BCUT2D eigenvalue weighted by Gasteiger charge is 2.30. The number of hydrogen-bond acceptors (Lipinski definition) is 9. The molecule has 0 saturated heterocycles. The highest BCUT2D eigenvalue weighted by Crippen LogP contribution is 2.44. The van der Waals surface area contributed by atoms with Crippen LogP contribution < -0.4 is 15.8 Å². The molecule has 1 amide bonds. The van der Waals surface area contributed by atoms with Gasteiger partial charge in [0.1, 0.15) is 30.2 Å². The van der Waals surface area contributed by atoms with Crippen molar-refractivity contribution in [1.82, 2.24) is 5.32 Å². The lowest BCUT2D eigenvalue weighted by Gasteiger charge is -2.17. The molecule has 11 heteroatoms. The number of alkyl carbamates (subject to hydrolysis) is 1. The van der Waals surface area contributed by atoms with Crippen molar-refractivity contribution in [2.24, 2.45) is 5.73 Å². The Labute approximate surface area is 333 Å². The van der Waals surface area contributed by atoms with E-state index >= 15 is 0 Å². The molecule has 58 heavy (non-hydrogen) atoms. The SMILES string of the molecule is N[C@@H](Cc1ccc(C(=O)c2ccc(O)cc2)cc1)C(=O)Oc1ccc(C(=O)c2ccc(CC(NC(=O)OCC3c4ccccc4-c4ccccc43)C(=O)O)cc2)cc1. The second kappa shape index (κ2) is 17.2. The zero-order chi connectivity index (χ0) is 40.8. The molecule has 0 bridgehead atoms. The highest BCUT2D eigenvalue weighted by molar-refractivity contribution is 6.09. The Morgan fingerprint density at radius 3 is 1.55 bits per heavy atom. The van der Waals surface area contributed by atoms with Crippen LogP contribution in [0.25, 0.3) is 11.1 Å². The summed E-state index contributed by atoms with van der Waals surface area (Å²) < 4.78 is 11.0. The van der Waals surface area contributed by atoms with E-state index in [1.165, 1.54) is 48.5 Å². The third kappa shape index (κ3) is 8.85. The molecule has 0 aromatic heterocycles. The number of rotatable bonds is 14. The number of ether oxygens (including phenoxy) is 2. The van der Waals surface area contributed by atoms with Crippen molar-refractivity contribution >= 4 is 29.6 Å². The van der Waals surface area contributed by atoms with Gasteiger partial charge in [-0.3, -0.25) is 9.59 Å². The van der Waals surface area contributed by atoms with Crippen LogP contribution in [0.1, 0.15) is 60.0 Å². The zero-order valence-corrected chi connectivity index (χ0v) is 31.0. The number of amides is 1. The molecule has 2 atom stereocenters. The minimum Gasteiger partial charge on any atom is -0.508 e. The van der Waals surface area contributed by atoms with Gasteiger partial charge in [-0.2, -0.15) is 0 Å². The fourth-order valence-electron chi connectivity index (χ4n) is 6.95. The third-order valence-corrected chi connectivity index (χ3v) is 10.0. The van der Waals surface area contributed by atoms with Crippen LogP contribution in [0, 0.1) is 0 Å². The maximum Gasteiger partial charge on any atom is 0.407 e. The number of nitrogens with one attached hydrogen (secondary N) is 1. The highest BCUT2D eigenvalue weighted by atomic mass is 16.5. The van der Waals surface area contributed by atoms with Gasteiger partial charge in [0.25, 0.3) is 0 Å². The topological polar surface area (TPSA) is 182 Å². The van der Waals surface area contributed by atoms with Crippen molar-refractivity contribution in [3.8, 4) is 22.6 Å². The molecule has 6 aromatic rings. The summed E-state index contributed by atoms with van der Waals surface area (Å²) in [7, 11) is 0. The molecule has 11 nitrogen and oxygen atoms in total. The lowest BCUT2D eigenvalue weighted by atomic mass is 9.98. The molecule has 0 fully saturated rings. The summed E-state index contributed by atoms with van der Waals surface area (Å²) in [5.41, 5.74) is 13.2. The average Bonchev–Trinajstić information content (AvgIpc) is 3.56. The largest absolute Gasteiger partial charge is 0.508 e. The number of carboxylic acid groups (broad SMARTS) is 1. The lowest BCUT2D eigenvalue weighted by Crippen LogP contribution is -2.42. The Morgan fingerprint density at radius 1 is 0.603 bits per heavy atom. The fourth-order valence-corrected chi connectivity index (χ4v) is 6.95. The number of ketones is 2. The summed E-state index contributed by atoms with van der Waals surface area (Å²) in [5.74, 6) is -2.32. The van der Waals surface area contributed by atoms with E-state index in [0.29, 0.717) is 27.8 Å². The predicted molar refractivity (Wildman–Crippen MR) is 215 cm³/mol. The summed E-state index contributed by atoms with van der Waals surface area (Å²) in [5, 5.41) is 21.8. The number of phenols is 1. The fraction of sp³-hybridized carbons (Fsp3) is 0.128. The van der Waals surface area contributed by atoms with E-state index < -0.39 is 30.1 Å². The molecule has 1 aliphatic carbocycles. The first-order chi connectivity index (χ1) is 28.0. The molecule has 290 valence electrons. The second-order valence-electron chi connectivity index (χ2n) is 13.9. The number of nitrogens with two attached hydrogens (primary N) is 1. The normalized spacial score (nSPS) is 12.7. The molecular weight excluding hydrogens is 737 g/mol. The number of carbonyl (C=O) groups is 5. The van der Waals surface area contributed by atoms with Gasteiger partial charge in [-0.05, 0) is 88.3 Å². The third-order valence-electron chi connectivity index (χ3n) is 10.0. The van der Waals surface area contributed by atoms with Crippen molar-refractivity contribution in [1.29, 1.82) is 0 Å². The second-order valence-corrected chi connectivity index (χ2v) is 13.9. The Hall–Kier alpha value is -7.37. The van der Waals surface area contributed by atoms with Crippen LogP contribution in [0.3, 0.4) is 0 Å². The summed E-state index contributed by atoms with van der Waals surface area (Å²) in [6.45, 7) is 0.0466. The monoisotopic (exact) mass is 774 g/mol. The first-order valence-electron chi connectivity index (χ1n) is 18.5. The van der Waals surface area contributed by atoms with Gasteiger partial charge in [0.05, 0.1) is 0 Å². The summed E-state index contributed by atoms with van der Waals surface area (Å²) >= 11 is 0. The van der Waals surface area contributed by atoms with E-state index in [-0.39, 0.29) is 48.4 Å². The molecule has 0 saturated carbocycles. The number of aliphatic carboxylic acids is 1. The molecule has 7 rings (SSSR count). The van der Waals surface area contributed by atoms with Crippen LogP contribution in [0.4, 0.5) is 4.79 Å². The number of fused-ring (bicyclic) bond motifs is 3. The number of benzene rings is 6. The Bertz CT molecular complexity index is 2430. The maximum atomic E-state index is 13.2. The van der Waals surface area contributed by atoms with Crippen LogP contribution in [-0.4, -0.2) is 58.5 Å². The summed E-state index contributed by atoms with van der Waals surface area (Å²) in [4.78, 5) is 63.6. The molecule has 0 aliphatic heterocycles. The van der Waals surface area contributed by atoms with Crippen LogP contribution >= 0.6 is 0 Å². The predicted octanol–water partition coefficient (Wildman–Crippen LogP) is 6.86. The number of hydrogen-bond donors (Lipinski definition) is 4. The van der Waals surface area contributed by atoms with Crippen LogP contribution in [0.15, 0.2) is 146 Å². The van der Waals surface area contributed by atoms with Crippen molar-refractivity contribution in [2.75, 3.05) is 6.61 Å². The Kier molecular flexibility index (Phi) is 11.5. The quantitative estimate of drug-likeness (QED) is 0.0518. The number of carboxylic acids is 1. The molecule has 5 N–H and O–H groups in total. The van der Waals surface area contributed by atoms with Gasteiger partial charge in [0, 0.05) is 34.6 Å². The molecule has 0 spiro atoms. The number of aromatic hydroxyl groups is 1. The number of carbonyl (C=O) groups excluding carboxylic acids is 4. The van der Waals surface area contributed by atoms with E-state index in [9.17, 15) is 34.2 Å². The van der Waals surface area contributed by atoms with Crippen LogP contribution in [0.5, 0.6) is 11.5 Å². The van der Waals surface area contributed by atoms with Gasteiger partial charge in [0.2, 0.25) is 0 Å². The van der Waals surface area contributed by atoms with Gasteiger partial charge in [-0.25, -0.2) is 14.4 Å². The van der Waals surface area contributed by atoms with Gasteiger partial charge >= 0.3 is 18.0 Å². The minimum absolute atomic E-state index is 0.0395. The van der Waals surface area contributed by atoms with E-state index in [1.807, 2.05) is 48.5 Å². The zero-order valence-electron chi connectivity index (χ0n) is 31.0. The Balaban J connectivity index is 0.889. The summed E-state index contributed by atoms with van der Waals surface area (Å²) in [6.07, 6.45) is -0.718. The van der Waals surface area contributed by atoms with Crippen molar-refractivity contribution in [2.45, 2.75) is 30.8 Å². The van der Waals surface area contributed by atoms with Gasteiger partial charge in [0.15, 0.2) is 11.6 Å². The van der Waals surface area contributed by atoms with Crippen LogP contribution in [0.2, 0.25) is 0 Å². The van der Waals surface area contributed by atoms with Gasteiger partial charge < -0.3 is 30.7 Å². The molecule has 0 heterocycles. The number of esters is 1. The van der Waals surface area contributed by atoms with E-state index in [2.05, 4.69) is 5.32 Å². The summed E-state index contributed by atoms with van der Waals surface area (Å²) in [6, 6.07) is 38.7. The molecule has 1 aliphatic rings. The van der Waals surface area contributed by atoms with Gasteiger partial charge in [-0.15, -0.1) is 0 Å². The molecular formula is C47H38N2O9. The standard InChI is InChI=1S/C47H38N2O9/c48-41(25-28-9-13-30(14-10-28)43(51)32-17-21-34(50)22-18-32)46(55)58-35-23-19-33(20-24-35)44(52)31-15-11-29(12-16-31)26-42(45(53)54)49-47(56)57-27-40-38-7-3-1-5-36(38)37-6-2-4-8-39(37)40/h1-24,40-42,50H,25-27,48H2,(H,49,56)(H,53,54)/t41-,42?/m0/s1. The first kappa shape index (κ1) is 38.9. The van der Waals surface area contributed by atoms with E-state index in [0.717, 1.165) is 27.8 Å². The Morgan fingerprint density at radius 2 is 1.05 bits per heavy atom. The van der Waals surface area contributed by atoms with Gasteiger partial charge in [-0.1, -0.05) is 97.1 Å². The van der Waals surface area contributed by atoms with Crippen LogP contribution in [-0.2, 0) is 27.2 Å². The first-order valence-corrected chi connectivity index (χ1v) is 18.5. The molecule has 6 aromatic carbocycles. The molecule has 1 unspecified atom stereocenters. The molecule has 0 radical (unpaired) electrons. The minimum atomic E-state index is -1.27. The number of phenolic OH excluding ortho intramolecular Hbond substituents is 1. The lowest BCUT2D eigenvalue weighted by molar-refractivity contribution is -0.139. The maximum absolute atomic E-state index is 13.2. The van der Waals surface area contributed by atoms with Crippen molar-refractivity contribution in [3.05, 3.63) is 190 Å². The van der Waals surface area contributed by atoms with Crippen molar-refractivity contribution in [3.63, 3.8) is 0 Å².